The van der Waals surface area contributed by atoms with Crippen molar-refractivity contribution in [3.63, 3.8) is 0 Å². The predicted molar refractivity (Wildman–Crippen MR) is 56.3 cm³/mol. The van der Waals surface area contributed by atoms with E-state index in [0.717, 1.165) is 0 Å². The Balaban J connectivity index is -0.000000107. The van der Waals surface area contributed by atoms with Gasteiger partial charge in [-0.2, -0.15) is 0 Å². The minimum Gasteiger partial charge on any atom is -0.362 e. The van der Waals surface area contributed by atoms with Crippen LogP contribution in [-0.2, 0) is 4.79 Å². The highest BCUT2D eigenvalue weighted by molar-refractivity contribution is 5.44. The minimum atomic E-state index is 0. The molecule has 0 bridgehead atoms. The van der Waals surface area contributed by atoms with Crippen LogP contribution in [0.1, 0.15) is 53.4 Å². The molecule has 0 aromatic carbocycles. The van der Waals surface area contributed by atoms with Gasteiger partial charge in [-0.3, -0.25) is 4.79 Å². The van der Waals surface area contributed by atoms with E-state index in [9.17, 15) is 0 Å². The Morgan fingerprint density at radius 1 is 1.00 bits per heavy atom. The molecule has 0 atom stereocenters. The zero-order chi connectivity index (χ0) is 8.95. The third-order valence-electron chi connectivity index (χ3n) is 1.37. The smallest absolute Gasteiger partial charge is 0.206 e. The summed E-state index contributed by atoms with van der Waals surface area (Å²) in [6.07, 6.45) is 8.12. The summed E-state index contributed by atoms with van der Waals surface area (Å²) in [5, 5.41) is 2.25. The van der Waals surface area contributed by atoms with Gasteiger partial charge in [0.25, 0.3) is 0 Å². The summed E-state index contributed by atoms with van der Waals surface area (Å²) in [7, 11) is 1.56. The lowest BCUT2D eigenvalue weighted by molar-refractivity contribution is -0.109. The van der Waals surface area contributed by atoms with Crippen molar-refractivity contribution in [3.05, 3.63) is 0 Å². The fraction of sp³-hybridized carbons (Fsp3) is 0.900. The first-order valence-electron chi connectivity index (χ1n) is 4.52. The number of carbonyl (C=O) groups excluding carboxylic acids is 1. The fourth-order valence-electron chi connectivity index (χ4n) is 0.884. The van der Waals surface area contributed by atoms with Gasteiger partial charge in [-0.05, 0) is 0 Å². The number of rotatable bonds is 1. The van der Waals surface area contributed by atoms with Crippen molar-refractivity contribution in [3.8, 4) is 0 Å². The van der Waals surface area contributed by atoms with Crippen LogP contribution in [0.4, 0.5) is 0 Å². The Morgan fingerprint density at radius 2 is 1.17 bits per heavy atom. The van der Waals surface area contributed by atoms with Gasteiger partial charge in [-0.15, -0.1) is 0 Å². The highest BCUT2D eigenvalue weighted by Gasteiger charge is 1.95. The molecule has 1 aliphatic carbocycles. The van der Waals surface area contributed by atoms with Crippen molar-refractivity contribution < 1.29 is 4.79 Å². The lowest BCUT2D eigenvalue weighted by Crippen LogP contribution is -1.98. The number of hydrogen-bond donors (Lipinski definition) is 1. The van der Waals surface area contributed by atoms with Crippen molar-refractivity contribution in [2.45, 2.75) is 53.4 Å². The normalized spacial score (nSPS) is 12.2. The first-order valence-corrected chi connectivity index (χ1v) is 4.52. The Morgan fingerprint density at radius 3 is 1.25 bits per heavy atom. The van der Waals surface area contributed by atoms with E-state index in [0.29, 0.717) is 6.41 Å². The average Bonchev–Trinajstić information content (AvgIpc) is 2.65. The minimum absolute atomic E-state index is 0. The zero-order valence-electron chi connectivity index (χ0n) is 8.02. The quantitative estimate of drug-likeness (QED) is 0.610. The fourth-order valence-corrected chi connectivity index (χ4v) is 0.884. The molecule has 0 heterocycles. The first kappa shape index (κ1) is 17.5. The van der Waals surface area contributed by atoms with E-state index in [4.69, 9.17) is 4.79 Å². The van der Waals surface area contributed by atoms with Gasteiger partial charge in [0, 0.05) is 7.05 Å². The van der Waals surface area contributed by atoms with E-state index in [-0.39, 0.29) is 7.43 Å². The van der Waals surface area contributed by atoms with Crippen LogP contribution in [0.25, 0.3) is 0 Å². The van der Waals surface area contributed by atoms with Gasteiger partial charge in [0.1, 0.15) is 0 Å². The third kappa shape index (κ3) is 22.7. The SMILES string of the molecule is C.C1CCCC1.CC.CNC=O. The molecule has 1 N–H and O–H groups in total. The zero-order valence-corrected chi connectivity index (χ0v) is 8.02. The summed E-state index contributed by atoms with van der Waals surface area (Å²) in [6.45, 7) is 4.00. The lowest BCUT2D eigenvalue weighted by Gasteiger charge is -1.67. The van der Waals surface area contributed by atoms with Crippen molar-refractivity contribution >= 4 is 6.41 Å². The average molecular weight is 175 g/mol. The second kappa shape index (κ2) is 22.4. The molecule has 0 aliphatic heterocycles. The van der Waals surface area contributed by atoms with Gasteiger partial charge in [0.2, 0.25) is 6.41 Å². The van der Waals surface area contributed by atoms with E-state index in [1.807, 2.05) is 13.8 Å². The maximum absolute atomic E-state index is 9.06. The molecule has 2 heteroatoms. The summed E-state index contributed by atoms with van der Waals surface area (Å²) in [4.78, 5) is 9.06. The molecule has 76 valence electrons. The monoisotopic (exact) mass is 175 g/mol. The topological polar surface area (TPSA) is 29.1 Å². The maximum Gasteiger partial charge on any atom is 0.206 e. The molecule has 0 saturated heterocycles. The molecule has 1 amide bonds. The Hall–Kier alpha value is -0.530. The number of nitrogens with one attached hydrogen (secondary N) is 1. The Kier molecular flexibility index (Phi) is 32.8. The molecule has 0 radical (unpaired) electrons. The summed E-state index contributed by atoms with van der Waals surface area (Å²) < 4.78 is 0. The van der Waals surface area contributed by atoms with Crippen molar-refractivity contribution in [1.29, 1.82) is 0 Å². The first-order chi connectivity index (χ1) is 5.41. The largest absolute Gasteiger partial charge is 0.362 e. The van der Waals surface area contributed by atoms with E-state index in [2.05, 4.69) is 5.32 Å². The second-order valence-electron chi connectivity index (χ2n) is 2.17. The van der Waals surface area contributed by atoms with Gasteiger partial charge < -0.3 is 5.32 Å². The van der Waals surface area contributed by atoms with Crippen molar-refractivity contribution in [1.82, 2.24) is 5.32 Å². The third-order valence-corrected chi connectivity index (χ3v) is 1.37. The highest BCUT2D eigenvalue weighted by atomic mass is 16.1. The Bertz CT molecular complexity index is 53.2. The molecule has 1 rings (SSSR count). The van der Waals surface area contributed by atoms with E-state index < -0.39 is 0 Å². The van der Waals surface area contributed by atoms with Crippen LogP contribution in [0.5, 0.6) is 0 Å². The van der Waals surface area contributed by atoms with E-state index in [1.54, 1.807) is 7.05 Å². The number of hydrogen-bond acceptors (Lipinski definition) is 1. The van der Waals surface area contributed by atoms with Crippen molar-refractivity contribution in [2.75, 3.05) is 7.05 Å². The van der Waals surface area contributed by atoms with Crippen LogP contribution in [0, 0.1) is 0 Å². The summed E-state index contributed by atoms with van der Waals surface area (Å²) in [5.74, 6) is 0. The molecular weight excluding hydrogens is 150 g/mol. The molecule has 0 unspecified atom stereocenters. The molecule has 1 saturated carbocycles. The van der Waals surface area contributed by atoms with Gasteiger partial charge in [0.05, 0.1) is 0 Å². The number of amides is 1. The predicted octanol–water partition coefficient (Wildman–Crippen LogP) is 2.98. The standard InChI is InChI=1S/C5H10.C2H5NO.C2H6.CH4/c1-2-4-5-3-1;1-3-2-4;1-2;/h1-5H2;2H,1H3,(H,3,4);1-2H3;1H4. The van der Waals surface area contributed by atoms with Gasteiger partial charge >= 0.3 is 0 Å². The molecular formula is C10H25NO. The van der Waals surface area contributed by atoms with E-state index >= 15 is 0 Å². The molecule has 12 heavy (non-hydrogen) atoms. The van der Waals surface area contributed by atoms with Crippen LogP contribution in [-0.4, -0.2) is 13.5 Å². The van der Waals surface area contributed by atoms with Gasteiger partial charge in [-0.25, -0.2) is 0 Å². The van der Waals surface area contributed by atoms with Crippen molar-refractivity contribution in [2.24, 2.45) is 0 Å². The number of carbonyl (C=O) groups is 1. The lowest BCUT2D eigenvalue weighted by atomic mass is 10.4. The molecule has 0 aromatic rings. The summed E-state index contributed by atoms with van der Waals surface area (Å²) in [6, 6.07) is 0. The molecule has 2 nitrogen and oxygen atoms in total. The van der Waals surface area contributed by atoms with Crippen LogP contribution >= 0.6 is 0 Å². The van der Waals surface area contributed by atoms with Crippen LogP contribution in [0.15, 0.2) is 0 Å². The van der Waals surface area contributed by atoms with Gasteiger partial charge in [0.15, 0.2) is 0 Å². The Labute approximate surface area is 77.7 Å². The van der Waals surface area contributed by atoms with E-state index in [1.165, 1.54) is 32.1 Å². The van der Waals surface area contributed by atoms with Crippen LogP contribution in [0.3, 0.4) is 0 Å². The molecule has 1 fully saturated rings. The summed E-state index contributed by atoms with van der Waals surface area (Å²) in [5.41, 5.74) is 0. The molecule has 1 aliphatic rings. The summed E-state index contributed by atoms with van der Waals surface area (Å²) >= 11 is 0. The van der Waals surface area contributed by atoms with Crippen LogP contribution in [0.2, 0.25) is 0 Å². The molecule has 0 aromatic heterocycles. The van der Waals surface area contributed by atoms with Crippen LogP contribution < -0.4 is 5.32 Å². The highest BCUT2D eigenvalue weighted by Crippen LogP contribution is 2.15. The second-order valence-corrected chi connectivity index (χ2v) is 2.17. The maximum atomic E-state index is 9.06. The molecule has 0 spiro atoms. The van der Waals surface area contributed by atoms with Gasteiger partial charge in [-0.1, -0.05) is 53.4 Å².